The SMILES string of the molecule is COc1ccc(OC)c(N(CC(=O)NC2CCCCC2)S(=O)(=O)c2ccc(C)cc2)c1. The minimum atomic E-state index is -4.03. The number of carbonyl (C=O) groups is 1. The molecule has 0 aliphatic heterocycles. The largest absolute Gasteiger partial charge is 0.497 e. The zero-order valence-corrected chi connectivity index (χ0v) is 19.1. The van der Waals surface area contributed by atoms with E-state index in [-0.39, 0.29) is 29.1 Å². The normalized spacial score (nSPS) is 14.7. The Kier molecular flexibility index (Phi) is 7.43. The van der Waals surface area contributed by atoms with E-state index in [0.717, 1.165) is 35.6 Å². The van der Waals surface area contributed by atoms with Crippen molar-refractivity contribution in [3.05, 3.63) is 48.0 Å². The van der Waals surface area contributed by atoms with Crippen molar-refractivity contribution in [2.45, 2.75) is 50.0 Å². The highest BCUT2D eigenvalue weighted by molar-refractivity contribution is 7.92. The van der Waals surface area contributed by atoms with Gasteiger partial charge >= 0.3 is 0 Å². The van der Waals surface area contributed by atoms with Gasteiger partial charge in [-0.05, 0) is 44.0 Å². The number of anilines is 1. The first-order chi connectivity index (χ1) is 14.8. The highest BCUT2D eigenvalue weighted by atomic mass is 32.2. The molecule has 0 unspecified atom stereocenters. The van der Waals surface area contributed by atoms with Gasteiger partial charge in [0.2, 0.25) is 5.91 Å². The average Bonchev–Trinajstić information content (AvgIpc) is 2.78. The minimum Gasteiger partial charge on any atom is -0.497 e. The average molecular weight is 447 g/mol. The van der Waals surface area contributed by atoms with Crippen LogP contribution in [0.15, 0.2) is 47.4 Å². The summed E-state index contributed by atoms with van der Waals surface area (Å²) < 4.78 is 39.0. The highest BCUT2D eigenvalue weighted by Crippen LogP contribution is 2.35. The zero-order chi connectivity index (χ0) is 22.4. The molecule has 1 saturated carbocycles. The number of benzene rings is 2. The Morgan fingerprint density at radius 2 is 1.71 bits per heavy atom. The number of amides is 1. The van der Waals surface area contributed by atoms with Crippen molar-refractivity contribution in [2.24, 2.45) is 0 Å². The summed E-state index contributed by atoms with van der Waals surface area (Å²) in [7, 11) is -1.06. The van der Waals surface area contributed by atoms with Crippen molar-refractivity contribution < 1.29 is 22.7 Å². The maximum Gasteiger partial charge on any atom is 0.264 e. The van der Waals surface area contributed by atoms with Crippen LogP contribution < -0.4 is 19.1 Å². The molecular weight excluding hydrogens is 416 g/mol. The second kappa shape index (κ2) is 10.0. The predicted molar refractivity (Wildman–Crippen MR) is 120 cm³/mol. The fraction of sp³-hybridized carbons (Fsp3) is 0.435. The lowest BCUT2D eigenvalue weighted by Gasteiger charge is -2.28. The molecule has 168 valence electrons. The van der Waals surface area contributed by atoms with Crippen LogP contribution >= 0.6 is 0 Å². The summed E-state index contributed by atoms with van der Waals surface area (Å²) >= 11 is 0. The van der Waals surface area contributed by atoms with Crippen molar-refractivity contribution >= 4 is 21.6 Å². The maximum atomic E-state index is 13.6. The number of rotatable bonds is 8. The van der Waals surface area contributed by atoms with Gasteiger partial charge in [-0.25, -0.2) is 8.42 Å². The fourth-order valence-corrected chi connectivity index (χ4v) is 5.20. The van der Waals surface area contributed by atoms with Gasteiger partial charge in [-0.1, -0.05) is 37.0 Å². The van der Waals surface area contributed by atoms with Gasteiger partial charge in [-0.15, -0.1) is 0 Å². The molecule has 0 aromatic heterocycles. The molecule has 2 aromatic rings. The molecule has 0 saturated heterocycles. The molecule has 0 radical (unpaired) electrons. The zero-order valence-electron chi connectivity index (χ0n) is 18.3. The Hall–Kier alpha value is -2.74. The van der Waals surface area contributed by atoms with E-state index in [1.165, 1.54) is 20.6 Å². The standard InChI is InChI=1S/C23H30N2O5S/c1-17-9-12-20(13-10-17)31(27,28)25(16-23(26)24-18-7-5-4-6-8-18)21-15-19(29-2)11-14-22(21)30-3/h9-15,18H,4-8,16H2,1-3H3,(H,24,26). The Morgan fingerprint density at radius 3 is 2.32 bits per heavy atom. The minimum absolute atomic E-state index is 0.0809. The van der Waals surface area contributed by atoms with Gasteiger partial charge in [0, 0.05) is 12.1 Å². The van der Waals surface area contributed by atoms with E-state index in [1.807, 2.05) is 6.92 Å². The first-order valence-corrected chi connectivity index (χ1v) is 11.9. The van der Waals surface area contributed by atoms with E-state index in [9.17, 15) is 13.2 Å². The molecule has 7 nitrogen and oxygen atoms in total. The lowest BCUT2D eigenvalue weighted by molar-refractivity contribution is -0.120. The number of hydrogen-bond acceptors (Lipinski definition) is 5. The number of nitrogens with zero attached hydrogens (tertiary/aromatic N) is 1. The van der Waals surface area contributed by atoms with Crippen molar-refractivity contribution in [2.75, 3.05) is 25.1 Å². The van der Waals surface area contributed by atoms with Gasteiger partial charge in [-0.2, -0.15) is 0 Å². The van der Waals surface area contributed by atoms with E-state index in [0.29, 0.717) is 11.5 Å². The summed E-state index contributed by atoms with van der Waals surface area (Å²) in [5.41, 5.74) is 1.20. The quantitative estimate of drug-likeness (QED) is 0.669. The molecule has 8 heteroatoms. The fourth-order valence-electron chi connectivity index (χ4n) is 3.78. The van der Waals surface area contributed by atoms with Gasteiger partial charge in [0.15, 0.2) is 0 Å². The summed E-state index contributed by atoms with van der Waals surface area (Å²) in [6.07, 6.45) is 5.14. The van der Waals surface area contributed by atoms with E-state index in [2.05, 4.69) is 5.32 Å². The molecule has 1 amide bonds. The van der Waals surface area contributed by atoms with Crippen LogP contribution in [0, 0.1) is 6.92 Å². The molecular formula is C23H30N2O5S. The van der Waals surface area contributed by atoms with Crippen LogP contribution in [0.2, 0.25) is 0 Å². The molecule has 0 atom stereocenters. The van der Waals surface area contributed by atoms with Crippen LogP contribution in [0.1, 0.15) is 37.7 Å². The molecule has 1 fully saturated rings. The van der Waals surface area contributed by atoms with Crippen molar-refractivity contribution in [3.63, 3.8) is 0 Å². The van der Waals surface area contributed by atoms with Gasteiger partial charge in [0.05, 0.1) is 24.8 Å². The summed E-state index contributed by atoms with van der Waals surface area (Å²) in [6.45, 7) is 1.53. The van der Waals surface area contributed by atoms with Crippen LogP contribution in [0.25, 0.3) is 0 Å². The number of nitrogens with one attached hydrogen (secondary N) is 1. The molecule has 31 heavy (non-hydrogen) atoms. The molecule has 1 N–H and O–H groups in total. The second-order valence-electron chi connectivity index (χ2n) is 7.76. The number of methoxy groups -OCH3 is 2. The van der Waals surface area contributed by atoms with Gasteiger partial charge < -0.3 is 14.8 Å². The Labute approximate surface area is 184 Å². The van der Waals surface area contributed by atoms with Crippen molar-refractivity contribution in [1.29, 1.82) is 0 Å². The van der Waals surface area contributed by atoms with Gasteiger partial charge in [0.1, 0.15) is 18.0 Å². The van der Waals surface area contributed by atoms with Gasteiger partial charge in [0.25, 0.3) is 10.0 Å². The molecule has 0 heterocycles. The van der Waals surface area contributed by atoms with E-state index in [4.69, 9.17) is 9.47 Å². The molecule has 1 aliphatic rings. The van der Waals surface area contributed by atoms with Crippen LogP contribution in [-0.4, -0.2) is 41.1 Å². The first kappa shape index (κ1) is 22.9. The third-order valence-corrected chi connectivity index (χ3v) is 7.30. The molecule has 3 rings (SSSR count). The number of sulfonamides is 1. The van der Waals surface area contributed by atoms with E-state index >= 15 is 0 Å². The topological polar surface area (TPSA) is 84.9 Å². The lowest BCUT2D eigenvalue weighted by atomic mass is 9.95. The third kappa shape index (κ3) is 5.50. The summed E-state index contributed by atoms with van der Waals surface area (Å²) in [5, 5.41) is 3.00. The monoisotopic (exact) mass is 446 g/mol. The molecule has 2 aromatic carbocycles. The predicted octanol–water partition coefficient (Wildman–Crippen LogP) is 3.66. The van der Waals surface area contributed by atoms with Crippen LogP contribution in [0.3, 0.4) is 0 Å². The summed E-state index contributed by atoms with van der Waals surface area (Å²) in [5.74, 6) is 0.460. The number of aryl methyl sites for hydroxylation is 1. The van der Waals surface area contributed by atoms with E-state index < -0.39 is 10.0 Å². The van der Waals surface area contributed by atoms with Gasteiger partial charge in [-0.3, -0.25) is 9.10 Å². The van der Waals surface area contributed by atoms with Crippen LogP contribution in [0.4, 0.5) is 5.69 Å². The number of hydrogen-bond donors (Lipinski definition) is 1. The summed E-state index contributed by atoms with van der Waals surface area (Å²) in [6, 6.07) is 11.5. The Balaban J connectivity index is 1.99. The molecule has 1 aliphatic carbocycles. The van der Waals surface area contributed by atoms with Crippen LogP contribution in [-0.2, 0) is 14.8 Å². The summed E-state index contributed by atoms with van der Waals surface area (Å²) in [4.78, 5) is 13.0. The highest BCUT2D eigenvalue weighted by Gasteiger charge is 2.30. The first-order valence-electron chi connectivity index (χ1n) is 10.5. The number of carbonyl (C=O) groups excluding carboxylic acids is 1. The van der Waals surface area contributed by atoms with Crippen LogP contribution in [0.5, 0.6) is 11.5 Å². The molecule has 0 bridgehead atoms. The molecule has 0 spiro atoms. The lowest BCUT2D eigenvalue weighted by Crippen LogP contribution is -2.45. The second-order valence-corrected chi connectivity index (χ2v) is 9.63. The Bertz CT molecular complexity index is 999. The Morgan fingerprint density at radius 1 is 1.03 bits per heavy atom. The van der Waals surface area contributed by atoms with Crippen molar-refractivity contribution in [1.82, 2.24) is 5.32 Å². The van der Waals surface area contributed by atoms with E-state index in [1.54, 1.807) is 42.5 Å². The number of ether oxygens (including phenoxy) is 2. The third-order valence-electron chi connectivity index (χ3n) is 5.52. The maximum absolute atomic E-state index is 13.6. The van der Waals surface area contributed by atoms with Crippen molar-refractivity contribution in [3.8, 4) is 11.5 Å². The smallest absolute Gasteiger partial charge is 0.264 e.